The van der Waals surface area contributed by atoms with Crippen LogP contribution < -0.4 is 5.73 Å². The maximum Gasteiger partial charge on any atom is 0.0744 e. The summed E-state index contributed by atoms with van der Waals surface area (Å²) in [5, 5.41) is 1.13. The number of rotatable bonds is 2. The Labute approximate surface area is 112 Å². The van der Waals surface area contributed by atoms with E-state index in [0.717, 1.165) is 27.7 Å². The maximum absolute atomic E-state index is 6.31. The summed E-state index contributed by atoms with van der Waals surface area (Å²) in [5.74, 6) is 0. The van der Waals surface area contributed by atoms with Gasteiger partial charge in [-0.2, -0.15) is 0 Å². The van der Waals surface area contributed by atoms with Gasteiger partial charge >= 0.3 is 0 Å². The molecule has 0 radical (unpaired) electrons. The van der Waals surface area contributed by atoms with Crippen LogP contribution in [0, 0.1) is 6.92 Å². The topological polar surface area (TPSA) is 51.8 Å². The van der Waals surface area contributed by atoms with Crippen LogP contribution in [0.15, 0.2) is 54.9 Å². The number of aryl methyl sites for hydroxylation is 1. The van der Waals surface area contributed by atoms with Gasteiger partial charge in [0.05, 0.1) is 17.3 Å². The molecule has 3 heteroatoms. The summed E-state index contributed by atoms with van der Waals surface area (Å²) in [6, 6.07) is 13.8. The first-order valence-corrected chi connectivity index (χ1v) is 6.27. The van der Waals surface area contributed by atoms with Crippen molar-refractivity contribution in [1.82, 2.24) is 9.97 Å². The lowest BCUT2D eigenvalue weighted by Crippen LogP contribution is -2.15. The molecule has 19 heavy (non-hydrogen) atoms. The number of benzene rings is 1. The molecule has 1 atom stereocenters. The Kier molecular flexibility index (Phi) is 2.97. The highest BCUT2D eigenvalue weighted by atomic mass is 14.8. The molecule has 0 spiro atoms. The van der Waals surface area contributed by atoms with Crippen LogP contribution >= 0.6 is 0 Å². The number of nitrogens with zero attached hydrogens (tertiary/aromatic N) is 2. The third-order valence-electron chi connectivity index (χ3n) is 3.35. The number of fused-ring (bicyclic) bond motifs is 1. The average Bonchev–Trinajstić information content (AvgIpc) is 2.46. The van der Waals surface area contributed by atoms with E-state index in [1.807, 2.05) is 49.5 Å². The van der Waals surface area contributed by atoms with Crippen molar-refractivity contribution in [3.63, 3.8) is 0 Å². The second-order valence-electron chi connectivity index (χ2n) is 4.64. The molecule has 2 N–H and O–H groups in total. The first kappa shape index (κ1) is 11.8. The quantitative estimate of drug-likeness (QED) is 0.759. The van der Waals surface area contributed by atoms with Gasteiger partial charge in [-0.15, -0.1) is 0 Å². The number of hydrogen-bond acceptors (Lipinski definition) is 3. The first-order chi connectivity index (χ1) is 9.25. The van der Waals surface area contributed by atoms with Crippen molar-refractivity contribution < 1.29 is 0 Å². The van der Waals surface area contributed by atoms with Gasteiger partial charge in [0, 0.05) is 17.8 Å². The van der Waals surface area contributed by atoms with Crippen molar-refractivity contribution in [1.29, 1.82) is 0 Å². The SMILES string of the molecule is Cc1ccncc1C(N)c1ccc2ccccc2n1. The Balaban J connectivity index is 2.07. The van der Waals surface area contributed by atoms with Crippen LogP contribution in [0.2, 0.25) is 0 Å². The predicted molar refractivity (Wildman–Crippen MR) is 76.7 cm³/mol. The minimum Gasteiger partial charge on any atom is -0.319 e. The molecule has 0 saturated carbocycles. The van der Waals surface area contributed by atoms with E-state index in [1.54, 1.807) is 6.20 Å². The predicted octanol–water partition coefficient (Wildman–Crippen LogP) is 2.99. The Morgan fingerprint density at radius 1 is 1.05 bits per heavy atom. The number of aromatic nitrogens is 2. The largest absolute Gasteiger partial charge is 0.319 e. The number of pyridine rings is 2. The van der Waals surface area contributed by atoms with Crippen molar-refractivity contribution in [2.24, 2.45) is 5.73 Å². The van der Waals surface area contributed by atoms with Gasteiger partial charge in [-0.3, -0.25) is 9.97 Å². The summed E-state index contributed by atoms with van der Waals surface area (Å²) >= 11 is 0. The number of para-hydroxylation sites is 1. The fraction of sp³-hybridized carbons (Fsp3) is 0.125. The van der Waals surface area contributed by atoms with Crippen LogP contribution in [0.5, 0.6) is 0 Å². The van der Waals surface area contributed by atoms with E-state index in [0.29, 0.717) is 0 Å². The third-order valence-corrected chi connectivity index (χ3v) is 3.35. The average molecular weight is 249 g/mol. The molecular weight excluding hydrogens is 234 g/mol. The summed E-state index contributed by atoms with van der Waals surface area (Å²) in [7, 11) is 0. The van der Waals surface area contributed by atoms with Gasteiger partial charge in [-0.1, -0.05) is 24.3 Å². The molecule has 0 amide bonds. The Morgan fingerprint density at radius 3 is 2.74 bits per heavy atom. The molecule has 94 valence electrons. The molecular formula is C16H15N3. The van der Waals surface area contributed by atoms with Crippen molar-refractivity contribution in [2.75, 3.05) is 0 Å². The summed E-state index contributed by atoms with van der Waals surface area (Å²) in [6.45, 7) is 2.04. The van der Waals surface area contributed by atoms with E-state index in [9.17, 15) is 0 Å². The molecule has 1 unspecified atom stereocenters. The van der Waals surface area contributed by atoms with E-state index in [-0.39, 0.29) is 6.04 Å². The highest BCUT2D eigenvalue weighted by Crippen LogP contribution is 2.22. The van der Waals surface area contributed by atoms with Crippen LogP contribution in [0.4, 0.5) is 0 Å². The standard InChI is InChI=1S/C16H15N3/c1-11-8-9-18-10-13(11)16(17)15-7-6-12-4-2-3-5-14(12)19-15/h2-10,16H,17H2,1H3. The Morgan fingerprint density at radius 2 is 1.89 bits per heavy atom. The van der Waals surface area contributed by atoms with Crippen LogP contribution in [0.25, 0.3) is 10.9 Å². The second kappa shape index (κ2) is 4.78. The van der Waals surface area contributed by atoms with Gasteiger partial charge < -0.3 is 5.73 Å². The van der Waals surface area contributed by atoms with Gasteiger partial charge in [0.2, 0.25) is 0 Å². The van der Waals surface area contributed by atoms with E-state index < -0.39 is 0 Å². The second-order valence-corrected chi connectivity index (χ2v) is 4.64. The molecule has 0 aliphatic rings. The van der Waals surface area contributed by atoms with Gasteiger partial charge in [-0.25, -0.2) is 0 Å². The van der Waals surface area contributed by atoms with Gasteiger partial charge in [0.25, 0.3) is 0 Å². The van der Waals surface area contributed by atoms with Gasteiger partial charge in [0.15, 0.2) is 0 Å². The third kappa shape index (κ3) is 2.20. The summed E-state index contributed by atoms with van der Waals surface area (Å²) in [4.78, 5) is 8.79. The molecule has 3 aromatic rings. The molecule has 0 fully saturated rings. The molecule has 0 bridgehead atoms. The molecule has 2 aromatic heterocycles. The smallest absolute Gasteiger partial charge is 0.0744 e. The summed E-state index contributed by atoms with van der Waals surface area (Å²) < 4.78 is 0. The normalized spacial score (nSPS) is 12.5. The molecule has 0 aliphatic heterocycles. The Hall–Kier alpha value is -2.26. The van der Waals surface area contributed by atoms with Crippen molar-refractivity contribution in [3.05, 3.63) is 71.7 Å². The Bertz CT molecular complexity index is 722. The van der Waals surface area contributed by atoms with Gasteiger partial charge in [0.1, 0.15) is 0 Å². The molecule has 3 rings (SSSR count). The minimum absolute atomic E-state index is 0.238. The molecule has 1 aromatic carbocycles. The van der Waals surface area contributed by atoms with Crippen LogP contribution in [-0.2, 0) is 0 Å². The molecule has 0 saturated heterocycles. The van der Waals surface area contributed by atoms with Gasteiger partial charge in [-0.05, 0) is 36.2 Å². The van der Waals surface area contributed by atoms with E-state index in [4.69, 9.17) is 5.73 Å². The lowest BCUT2D eigenvalue weighted by molar-refractivity contribution is 0.821. The van der Waals surface area contributed by atoms with Crippen LogP contribution in [0.3, 0.4) is 0 Å². The van der Waals surface area contributed by atoms with Crippen LogP contribution in [0.1, 0.15) is 22.9 Å². The fourth-order valence-electron chi connectivity index (χ4n) is 2.22. The zero-order chi connectivity index (χ0) is 13.2. The lowest BCUT2D eigenvalue weighted by Gasteiger charge is -2.14. The fourth-order valence-corrected chi connectivity index (χ4v) is 2.22. The van der Waals surface area contributed by atoms with Crippen molar-refractivity contribution in [3.8, 4) is 0 Å². The van der Waals surface area contributed by atoms with E-state index in [2.05, 4.69) is 16.0 Å². The van der Waals surface area contributed by atoms with E-state index >= 15 is 0 Å². The minimum atomic E-state index is -0.238. The number of hydrogen-bond donors (Lipinski definition) is 1. The van der Waals surface area contributed by atoms with Crippen molar-refractivity contribution >= 4 is 10.9 Å². The summed E-state index contributed by atoms with van der Waals surface area (Å²) in [5.41, 5.74) is 10.3. The summed E-state index contributed by atoms with van der Waals surface area (Å²) in [6.07, 6.45) is 3.59. The van der Waals surface area contributed by atoms with E-state index in [1.165, 1.54) is 0 Å². The maximum atomic E-state index is 6.31. The highest BCUT2D eigenvalue weighted by Gasteiger charge is 2.13. The molecule has 3 nitrogen and oxygen atoms in total. The monoisotopic (exact) mass is 249 g/mol. The lowest BCUT2D eigenvalue weighted by atomic mass is 10.0. The zero-order valence-electron chi connectivity index (χ0n) is 10.7. The first-order valence-electron chi connectivity index (χ1n) is 6.27. The highest BCUT2D eigenvalue weighted by molar-refractivity contribution is 5.78. The zero-order valence-corrected chi connectivity index (χ0v) is 10.7. The molecule has 0 aliphatic carbocycles. The van der Waals surface area contributed by atoms with Crippen LogP contribution in [-0.4, -0.2) is 9.97 Å². The van der Waals surface area contributed by atoms with Crippen molar-refractivity contribution in [2.45, 2.75) is 13.0 Å². The molecule has 2 heterocycles. The number of nitrogens with two attached hydrogens (primary N) is 1.